The molecule has 2 aromatic heterocycles. The van der Waals surface area contributed by atoms with Gasteiger partial charge in [-0.05, 0) is 57.7 Å². The molecule has 5 nitrogen and oxygen atoms in total. The van der Waals surface area contributed by atoms with Gasteiger partial charge >= 0.3 is 0 Å². The van der Waals surface area contributed by atoms with Gasteiger partial charge in [0.2, 0.25) is 5.91 Å². The Hall–Kier alpha value is -2.17. The molecule has 2 aromatic rings. The van der Waals surface area contributed by atoms with Gasteiger partial charge in [0.25, 0.3) is 0 Å². The minimum Gasteiger partial charge on any atom is -0.338 e. The van der Waals surface area contributed by atoms with E-state index in [1.165, 1.54) is 6.42 Å². The van der Waals surface area contributed by atoms with Crippen LogP contribution in [0, 0.1) is 20.8 Å². The monoisotopic (exact) mass is 326 g/mol. The molecule has 1 fully saturated rings. The Morgan fingerprint density at radius 2 is 2.04 bits per heavy atom. The molecule has 0 aliphatic carbocycles. The van der Waals surface area contributed by atoms with Gasteiger partial charge in [0.15, 0.2) is 0 Å². The van der Waals surface area contributed by atoms with Crippen LogP contribution >= 0.6 is 0 Å². The van der Waals surface area contributed by atoms with Crippen LogP contribution < -0.4 is 0 Å². The SMILES string of the molecule is Cc1ccc(CC(=O)N2CCCC[C@H]2Cn2nc(C)cc2C)cn1. The van der Waals surface area contributed by atoms with Gasteiger partial charge in [0.1, 0.15) is 0 Å². The number of pyridine rings is 1. The van der Waals surface area contributed by atoms with Crippen LogP contribution in [0.2, 0.25) is 0 Å². The van der Waals surface area contributed by atoms with Crippen LogP contribution in [0.1, 0.15) is 41.9 Å². The summed E-state index contributed by atoms with van der Waals surface area (Å²) in [6, 6.07) is 6.29. The van der Waals surface area contributed by atoms with E-state index in [1.54, 1.807) is 0 Å². The summed E-state index contributed by atoms with van der Waals surface area (Å²) in [4.78, 5) is 19.2. The number of piperidine rings is 1. The van der Waals surface area contributed by atoms with Crippen LogP contribution in [0.5, 0.6) is 0 Å². The molecule has 3 heterocycles. The number of aromatic nitrogens is 3. The zero-order valence-electron chi connectivity index (χ0n) is 14.8. The highest BCUT2D eigenvalue weighted by molar-refractivity contribution is 5.79. The predicted octanol–water partition coefficient (Wildman–Crippen LogP) is 2.83. The molecule has 128 valence electrons. The second-order valence-corrected chi connectivity index (χ2v) is 6.83. The number of carbonyl (C=O) groups excluding carboxylic acids is 1. The Labute approximate surface area is 143 Å². The Morgan fingerprint density at radius 3 is 2.71 bits per heavy atom. The molecule has 0 saturated carbocycles. The van der Waals surface area contributed by atoms with Gasteiger partial charge in [-0.1, -0.05) is 6.07 Å². The van der Waals surface area contributed by atoms with Crippen LogP contribution in [0.4, 0.5) is 0 Å². The number of amides is 1. The van der Waals surface area contributed by atoms with Gasteiger partial charge in [-0.25, -0.2) is 0 Å². The first-order valence-corrected chi connectivity index (χ1v) is 8.75. The number of nitrogens with zero attached hydrogens (tertiary/aromatic N) is 4. The lowest BCUT2D eigenvalue weighted by molar-refractivity contribution is -0.134. The topological polar surface area (TPSA) is 51.0 Å². The standard InChI is InChI=1S/C19H26N4O/c1-14-7-8-17(12-20-14)11-19(24)22-9-5-4-6-18(22)13-23-16(3)10-15(2)21-23/h7-8,10,12,18H,4-6,9,11,13H2,1-3H3/t18-/m0/s1. The van der Waals surface area contributed by atoms with Crippen molar-refractivity contribution in [2.24, 2.45) is 0 Å². The van der Waals surface area contributed by atoms with Gasteiger partial charge in [-0.2, -0.15) is 5.10 Å². The Kier molecular flexibility index (Phi) is 4.97. The molecular weight excluding hydrogens is 300 g/mol. The Bertz CT molecular complexity index is 705. The molecule has 5 heteroatoms. The highest BCUT2D eigenvalue weighted by Gasteiger charge is 2.27. The van der Waals surface area contributed by atoms with Crippen LogP contribution in [0.25, 0.3) is 0 Å². The normalized spacial score (nSPS) is 18.0. The van der Waals surface area contributed by atoms with E-state index < -0.39 is 0 Å². The molecule has 0 N–H and O–H groups in total. The zero-order chi connectivity index (χ0) is 17.1. The van der Waals surface area contributed by atoms with Crippen molar-refractivity contribution in [2.75, 3.05) is 6.54 Å². The summed E-state index contributed by atoms with van der Waals surface area (Å²) in [6.45, 7) is 7.69. The quantitative estimate of drug-likeness (QED) is 0.868. The average Bonchev–Trinajstić information content (AvgIpc) is 2.87. The lowest BCUT2D eigenvalue weighted by Gasteiger charge is -2.36. The van der Waals surface area contributed by atoms with Gasteiger partial charge in [-0.3, -0.25) is 14.5 Å². The number of rotatable bonds is 4. The molecule has 1 aliphatic heterocycles. The lowest BCUT2D eigenvalue weighted by Crippen LogP contribution is -2.46. The van der Waals surface area contributed by atoms with E-state index in [1.807, 2.05) is 36.9 Å². The second kappa shape index (κ2) is 7.16. The summed E-state index contributed by atoms with van der Waals surface area (Å²) >= 11 is 0. The van der Waals surface area contributed by atoms with Crippen LogP contribution in [0.15, 0.2) is 24.4 Å². The van der Waals surface area contributed by atoms with Crippen LogP contribution in [-0.2, 0) is 17.8 Å². The molecule has 0 aromatic carbocycles. The van der Waals surface area contributed by atoms with Crippen molar-refractivity contribution in [2.45, 2.75) is 59.0 Å². The summed E-state index contributed by atoms with van der Waals surface area (Å²) in [7, 11) is 0. The summed E-state index contributed by atoms with van der Waals surface area (Å²) in [5, 5.41) is 4.56. The van der Waals surface area contributed by atoms with Crippen molar-refractivity contribution in [3.05, 3.63) is 47.0 Å². The third-order valence-corrected chi connectivity index (χ3v) is 4.76. The molecule has 1 atom stereocenters. The van der Waals surface area contributed by atoms with Crippen molar-refractivity contribution in [3.8, 4) is 0 Å². The number of hydrogen-bond acceptors (Lipinski definition) is 3. The Balaban J connectivity index is 1.70. The van der Waals surface area contributed by atoms with Crippen LogP contribution in [-0.4, -0.2) is 38.2 Å². The first kappa shape index (κ1) is 16.7. The Morgan fingerprint density at radius 1 is 1.21 bits per heavy atom. The highest BCUT2D eigenvalue weighted by Crippen LogP contribution is 2.20. The van der Waals surface area contributed by atoms with Crippen LogP contribution in [0.3, 0.4) is 0 Å². The number of aryl methyl sites for hydroxylation is 3. The fraction of sp³-hybridized carbons (Fsp3) is 0.526. The fourth-order valence-electron chi connectivity index (χ4n) is 3.46. The summed E-state index contributed by atoms with van der Waals surface area (Å²) in [5.74, 6) is 0.201. The predicted molar refractivity (Wildman–Crippen MR) is 93.7 cm³/mol. The average molecular weight is 326 g/mol. The van der Waals surface area contributed by atoms with E-state index in [4.69, 9.17) is 0 Å². The minimum atomic E-state index is 0.201. The maximum atomic E-state index is 12.8. The fourth-order valence-corrected chi connectivity index (χ4v) is 3.46. The molecule has 0 spiro atoms. The zero-order valence-corrected chi connectivity index (χ0v) is 14.8. The second-order valence-electron chi connectivity index (χ2n) is 6.83. The first-order valence-electron chi connectivity index (χ1n) is 8.75. The molecule has 0 radical (unpaired) electrons. The number of hydrogen-bond donors (Lipinski definition) is 0. The molecule has 3 rings (SSSR count). The van der Waals surface area contributed by atoms with Gasteiger partial charge < -0.3 is 4.90 Å². The van der Waals surface area contributed by atoms with Crippen molar-refractivity contribution in [1.82, 2.24) is 19.7 Å². The number of likely N-dealkylation sites (tertiary alicyclic amines) is 1. The van der Waals surface area contributed by atoms with Gasteiger partial charge in [-0.15, -0.1) is 0 Å². The molecule has 1 aliphatic rings. The van der Waals surface area contributed by atoms with Crippen molar-refractivity contribution in [3.63, 3.8) is 0 Å². The van der Waals surface area contributed by atoms with Crippen molar-refractivity contribution >= 4 is 5.91 Å². The minimum absolute atomic E-state index is 0.201. The molecule has 24 heavy (non-hydrogen) atoms. The van der Waals surface area contributed by atoms with Crippen molar-refractivity contribution < 1.29 is 4.79 Å². The number of carbonyl (C=O) groups is 1. The third kappa shape index (κ3) is 3.83. The van der Waals surface area contributed by atoms with E-state index >= 15 is 0 Å². The highest BCUT2D eigenvalue weighted by atomic mass is 16.2. The maximum Gasteiger partial charge on any atom is 0.227 e. The molecule has 0 bridgehead atoms. The smallest absolute Gasteiger partial charge is 0.227 e. The largest absolute Gasteiger partial charge is 0.338 e. The van der Waals surface area contributed by atoms with E-state index in [0.29, 0.717) is 6.42 Å². The van der Waals surface area contributed by atoms with Gasteiger partial charge in [0, 0.05) is 24.1 Å². The van der Waals surface area contributed by atoms with E-state index in [-0.39, 0.29) is 11.9 Å². The lowest BCUT2D eigenvalue weighted by atomic mass is 10.0. The van der Waals surface area contributed by atoms with Gasteiger partial charge in [0.05, 0.1) is 24.7 Å². The van der Waals surface area contributed by atoms with E-state index in [0.717, 1.165) is 48.6 Å². The molecule has 1 saturated heterocycles. The molecule has 1 amide bonds. The third-order valence-electron chi connectivity index (χ3n) is 4.76. The molecular formula is C19H26N4O. The molecule has 0 unspecified atom stereocenters. The first-order chi connectivity index (χ1) is 11.5. The van der Waals surface area contributed by atoms with Crippen molar-refractivity contribution in [1.29, 1.82) is 0 Å². The maximum absolute atomic E-state index is 12.8. The summed E-state index contributed by atoms with van der Waals surface area (Å²) in [6.07, 6.45) is 5.57. The summed E-state index contributed by atoms with van der Waals surface area (Å²) < 4.78 is 2.04. The summed E-state index contributed by atoms with van der Waals surface area (Å²) in [5.41, 5.74) is 4.16. The van der Waals surface area contributed by atoms with E-state index in [2.05, 4.69) is 28.0 Å². The van der Waals surface area contributed by atoms with E-state index in [9.17, 15) is 4.79 Å².